The number of unbranched alkanes of at least 4 members (excludes halogenated alkanes) is 2. The molecule has 0 aromatic heterocycles. The third-order valence-corrected chi connectivity index (χ3v) is 5.29. The number of ether oxygens (including phenoxy) is 1. The predicted molar refractivity (Wildman–Crippen MR) is 113 cm³/mol. The van der Waals surface area contributed by atoms with Crippen LogP contribution in [0.5, 0.6) is 11.5 Å². The Hall–Kier alpha value is -3.30. The number of benzene rings is 3. The lowest BCUT2D eigenvalue weighted by Crippen LogP contribution is -2.25. The standard InChI is InChI=1S/C25H20F8O2/c1-2-3-4-5-14-6-8-15(9-7-14)21-20(34)13-19(27)22(23(21)28)25(32,33)35-16-10-11-17(18(26)12-16)24(29,30)31/h6-13,34H,2-5H2,1H3. The Labute approximate surface area is 195 Å². The third-order valence-electron chi connectivity index (χ3n) is 5.29. The summed E-state index contributed by atoms with van der Waals surface area (Å²) >= 11 is 0. The molecule has 0 radical (unpaired) electrons. The Morgan fingerprint density at radius 1 is 0.829 bits per heavy atom. The summed E-state index contributed by atoms with van der Waals surface area (Å²) in [7, 11) is 0. The van der Waals surface area contributed by atoms with E-state index in [1.54, 1.807) is 12.1 Å². The van der Waals surface area contributed by atoms with Gasteiger partial charge in [-0.15, -0.1) is 0 Å². The van der Waals surface area contributed by atoms with Gasteiger partial charge in [0.15, 0.2) is 5.82 Å². The Kier molecular flexibility index (Phi) is 7.62. The fraction of sp³-hybridized carbons (Fsp3) is 0.280. The Balaban J connectivity index is 1.96. The largest absolute Gasteiger partial charge is 0.507 e. The molecule has 1 N–H and O–H groups in total. The van der Waals surface area contributed by atoms with Crippen molar-refractivity contribution in [1.29, 1.82) is 0 Å². The van der Waals surface area contributed by atoms with Crippen molar-refractivity contribution in [3.05, 3.63) is 82.7 Å². The fourth-order valence-corrected chi connectivity index (χ4v) is 3.55. The van der Waals surface area contributed by atoms with E-state index < -0.39 is 57.9 Å². The number of hydrogen-bond acceptors (Lipinski definition) is 2. The minimum atomic E-state index is -5.08. The molecular formula is C25H20F8O2. The number of aromatic hydroxyl groups is 1. The summed E-state index contributed by atoms with van der Waals surface area (Å²) in [6.07, 6.45) is -6.21. The molecule has 0 unspecified atom stereocenters. The number of halogens is 8. The van der Waals surface area contributed by atoms with Crippen molar-refractivity contribution in [2.24, 2.45) is 0 Å². The van der Waals surface area contributed by atoms with E-state index in [-0.39, 0.29) is 23.8 Å². The number of phenols is 1. The number of aryl methyl sites for hydroxylation is 1. The van der Waals surface area contributed by atoms with E-state index in [2.05, 4.69) is 4.74 Å². The summed E-state index contributed by atoms with van der Waals surface area (Å²) in [5, 5.41) is 10.1. The zero-order valence-electron chi connectivity index (χ0n) is 18.3. The van der Waals surface area contributed by atoms with Gasteiger partial charge in [0.1, 0.15) is 28.7 Å². The van der Waals surface area contributed by atoms with Gasteiger partial charge in [-0.05, 0) is 36.1 Å². The van der Waals surface area contributed by atoms with Crippen LogP contribution in [0.2, 0.25) is 0 Å². The van der Waals surface area contributed by atoms with Crippen molar-refractivity contribution in [2.45, 2.75) is 44.9 Å². The molecule has 0 heterocycles. The molecule has 0 bridgehead atoms. The second-order valence-corrected chi connectivity index (χ2v) is 7.85. The second kappa shape index (κ2) is 10.1. The van der Waals surface area contributed by atoms with Crippen LogP contribution in [0, 0.1) is 17.5 Å². The van der Waals surface area contributed by atoms with Gasteiger partial charge in [-0.1, -0.05) is 44.0 Å². The zero-order valence-corrected chi connectivity index (χ0v) is 18.3. The number of rotatable bonds is 8. The van der Waals surface area contributed by atoms with Gasteiger partial charge in [0.2, 0.25) is 0 Å². The number of phenolic OH excluding ortho intramolecular Hbond substituents is 1. The van der Waals surface area contributed by atoms with Gasteiger partial charge < -0.3 is 9.84 Å². The van der Waals surface area contributed by atoms with Gasteiger partial charge in [-0.2, -0.15) is 22.0 Å². The fourth-order valence-electron chi connectivity index (χ4n) is 3.55. The average molecular weight is 504 g/mol. The van der Waals surface area contributed by atoms with E-state index >= 15 is 4.39 Å². The van der Waals surface area contributed by atoms with E-state index in [4.69, 9.17) is 0 Å². The van der Waals surface area contributed by atoms with Crippen LogP contribution in [-0.2, 0) is 18.7 Å². The molecular weight excluding hydrogens is 484 g/mol. The summed E-state index contributed by atoms with van der Waals surface area (Å²) in [5.41, 5.74) is -3.46. The highest BCUT2D eigenvalue weighted by atomic mass is 19.4. The molecule has 3 rings (SSSR count). The second-order valence-electron chi connectivity index (χ2n) is 7.85. The first-order valence-electron chi connectivity index (χ1n) is 10.6. The van der Waals surface area contributed by atoms with Crippen molar-refractivity contribution in [2.75, 3.05) is 0 Å². The monoisotopic (exact) mass is 504 g/mol. The molecule has 10 heteroatoms. The molecule has 0 atom stereocenters. The lowest BCUT2D eigenvalue weighted by Gasteiger charge is -2.21. The van der Waals surface area contributed by atoms with Gasteiger partial charge in [0, 0.05) is 12.1 Å². The van der Waals surface area contributed by atoms with Crippen molar-refractivity contribution >= 4 is 0 Å². The van der Waals surface area contributed by atoms with Crippen LogP contribution in [0.25, 0.3) is 11.1 Å². The maximum atomic E-state index is 15.1. The SMILES string of the molecule is CCCCCc1ccc(-c2c(O)cc(F)c(C(F)(F)Oc3ccc(C(F)(F)F)c(F)c3)c2F)cc1. The minimum absolute atomic E-state index is 0.0168. The van der Waals surface area contributed by atoms with Crippen molar-refractivity contribution in [1.82, 2.24) is 0 Å². The lowest BCUT2D eigenvalue weighted by molar-refractivity contribution is -0.189. The Morgan fingerprint density at radius 2 is 1.49 bits per heavy atom. The topological polar surface area (TPSA) is 29.5 Å². The van der Waals surface area contributed by atoms with Crippen LogP contribution in [0.15, 0.2) is 48.5 Å². The smallest absolute Gasteiger partial charge is 0.432 e. The molecule has 0 saturated carbocycles. The van der Waals surface area contributed by atoms with E-state index in [0.29, 0.717) is 6.07 Å². The zero-order chi connectivity index (χ0) is 26.0. The van der Waals surface area contributed by atoms with Crippen LogP contribution in [-0.4, -0.2) is 5.11 Å². The van der Waals surface area contributed by atoms with E-state index in [0.717, 1.165) is 31.2 Å². The molecule has 0 aliphatic carbocycles. The van der Waals surface area contributed by atoms with Crippen LogP contribution in [0.3, 0.4) is 0 Å². The normalized spacial score (nSPS) is 12.1. The summed E-state index contributed by atoms with van der Waals surface area (Å²) < 4.78 is 115. The Bertz CT molecular complexity index is 1190. The van der Waals surface area contributed by atoms with Crippen LogP contribution < -0.4 is 4.74 Å². The van der Waals surface area contributed by atoms with Crippen molar-refractivity contribution in [3.8, 4) is 22.6 Å². The van der Waals surface area contributed by atoms with Crippen LogP contribution in [0.1, 0.15) is 42.9 Å². The first-order valence-corrected chi connectivity index (χ1v) is 10.6. The quantitative estimate of drug-likeness (QED) is 0.247. The maximum absolute atomic E-state index is 15.1. The van der Waals surface area contributed by atoms with E-state index in [9.17, 15) is 35.8 Å². The molecule has 3 aromatic carbocycles. The molecule has 0 amide bonds. The highest BCUT2D eigenvalue weighted by Crippen LogP contribution is 2.43. The molecule has 0 saturated heterocycles. The number of hydrogen-bond donors (Lipinski definition) is 1. The van der Waals surface area contributed by atoms with Crippen molar-refractivity contribution in [3.63, 3.8) is 0 Å². The van der Waals surface area contributed by atoms with Gasteiger partial charge in [-0.25, -0.2) is 13.2 Å². The van der Waals surface area contributed by atoms with Gasteiger partial charge >= 0.3 is 12.3 Å². The lowest BCUT2D eigenvalue weighted by atomic mass is 9.97. The highest BCUT2D eigenvalue weighted by Gasteiger charge is 2.43. The first-order chi connectivity index (χ1) is 16.3. The Morgan fingerprint density at radius 3 is 2.06 bits per heavy atom. The van der Waals surface area contributed by atoms with Gasteiger partial charge in [0.25, 0.3) is 0 Å². The molecule has 0 spiro atoms. The van der Waals surface area contributed by atoms with Gasteiger partial charge in [0.05, 0.1) is 11.1 Å². The van der Waals surface area contributed by atoms with Crippen molar-refractivity contribution < 1.29 is 45.0 Å². The predicted octanol–water partition coefficient (Wildman–Crippen LogP) is 8.36. The van der Waals surface area contributed by atoms with E-state index in [1.807, 2.05) is 6.92 Å². The maximum Gasteiger partial charge on any atom is 0.432 e. The summed E-state index contributed by atoms with van der Waals surface area (Å²) in [5.74, 6) is -7.64. The third kappa shape index (κ3) is 5.86. The molecule has 2 nitrogen and oxygen atoms in total. The first kappa shape index (κ1) is 26.3. The van der Waals surface area contributed by atoms with Crippen LogP contribution in [0.4, 0.5) is 35.1 Å². The number of alkyl halides is 5. The minimum Gasteiger partial charge on any atom is -0.507 e. The molecule has 3 aromatic rings. The molecule has 0 aliphatic heterocycles. The van der Waals surface area contributed by atoms with Crippen LogP contribution >= 0.6 is 0 Å². The van der Waals surface area contributed by atoms with E-state index in [1.165, 1.54) is 12.1 Å². The summed E-state index contributed by atoms with van der Waals surface area (Å²) in [6.45, 7) is 2.04. The average Bonchev–Trinajstić information content (AvgIpc) is 2.73. The van der Waals surface area contributed by atoms with Gasteiger partial charge in [-0.3, -0.25) is 0 Å². The molecule has 188 valence electrons. The summed E-state index contributed by atoms with van der Waals surface area (Å²) in [6, 6.07) is 6.86. The molecule has 0 fully saturated rings. The highest BCUT2D eigenvalue weighted by molar-refractivity contribution is 5.72. The molecule has 35 heavy (non-hydrogen) atoms. The molecule has 0 aliphatic rings. The summed E-state index contributed by atoms with van der Waals surface area (Å²) in [4.78, 5) is 0.